The van der Waals surface area contributed by atoms with Crippen LogP contribution in [0, 0.1) is 20.8 Å². The summed E-state index contributed by atoms with van der Waals surface area (Å²) in [6.07, 6.45) is 1.51. The lowest BCUT2D eigenvalue weighted by atomic mass is 10.1. The van der Waals surface area contributed by atoms with Crippen LogP contribution in [0.4, 0.5) is 5.82 Å². The predicted molar refractivity (Wildman–Crippen MR) is 84.6 cm³/mol. The Hall–Kier alpha value is -1.62. The van der Waals surface area contributed by atoms with E-state index in [2.05, 4.69) is 31.2 Å². The highest BCUT2D eigenvalue weighted by atomic mass is 79.9. The van der Waals surface area contributed by atoms with Gasteiger partial charge >= 0.3 is 0 Å². The molecule has 2 rings (SSSR count). The smallest absolute Gasteiger partial charge is 0.227 e. The summed E-state index contributed by atoms with van der Waals surface area (Å²) in [5.41, 5.74) is 3.19. The van der Waals surface area contributed by atoms with Gasteiger partial charge in [-0.2, -0.15) is 0 Å². The second kappa shape index (κ2) is 6.22. The molecule has 0 aliphatic rings. The zero-order valence-electron chi connectivity index (χ0n) is 12.1. The normalized spacial score (nSPS) is 10.4. The van der Waals surface area contributed by atoms with Crippen molar-refractivity contribution >= 4 is 21.7 Å². The Kier molecular flexibility index (Phi) is 4.60. The van der Waals surface area contributed by atoms with Crippen LogP contribution in [-0.2, 0) is 0 Å². The van der Waals surface area contributed by atoms with Crippen LogP contribution >= 0.6 is 15.9 Å². The molecule has 20 heavy (non-hydrogen) atoms. The van der Waals surface area contributed by atoms with Crippen LogP contribution in [0.15, 0.2) is 22.9 Å². The lowest BCUT2D eigenvalue weighted by Gasteiger charge is -2.12. The molecule has 0 amide bonds. The van der Waals surface area contributed by atoms with Crippen molar-refractivity contribution in [1.82, 2.24) is 9.97 Å². The maximum absolute atomic E-state index is 5.90. The van der Waals surface area contributed by atoms with Crippen LogP contribution in [0.5, 0.6) is 11.6 Å². The molecular weight excluding hydrogens is 318 g/mol. The van der Waals surface area contributed by atoms with Crippen molar-refractivity contribution in [3.05, 3.63) is 39.6 Å². The molecule has 0 aliphatic heterocycles. The Morgan fingerprint density at radius 1 is 1.15 bits per heavy atom. The largest absolute Gasteiger partial charge is 0.439 e. The first-order chi connectivity index (χ1) is 9.52. The van der Waals surface area contributed by atoms with Gasteiger partial charge in [-0.3, -0.25) is 0 Å². The van der Waals surface area contributed by atoms with Crippen LogP contribution in [-0.4, -0.2) is 16.5 Å². The van der Waals surface area contributed by atoms with E-state index in [1.807, 2.05) is 39.8 Å². The molecule has 4 nitrogen and oxygen atoms in total. The first-order valence-electron chi connectivity index (χ1n) is 6.53. The van der Waals surface area contributed by atoms with Crippen molar-refractivity contribution in [3.63, 3.8) is 0 Å². The van der Waals surface area contributed by atoms with Gasteiger partial charge in [0, 0.05) is 11.0 Å². The van der Waals surface area contributed by atoms with Gasteiger partial charge in [0.1, 0.15) is 17.9 Å². The Bertz CT molecular complexity index is 606. The predicted octanol–water partition coefficient (Wildman–Crippen LogP) is 4.39. The highest BCUT2D eigenvalue weighted by Crippen LogP contribution is 2.30. The molecule has 0 saturated carbocycles. The van der Waals surface area contributed by atoms with Gasteiger partial charge in [0.15, 0.2) is 0 Å². The number of nitrogens with one attached hydrogen (secondary N) is 1. The van der Waals surface area contributed by atoms with Gasteiger partial charge in [0.2, 0.25) is 5.88 Å². The Morgan fingerprint density at radius 3 is 2.40 bits per heavy atom. The second-order valence-electron chi connectivity index (χ2n) is 4.66. The highest BCUT2D eigenvalue weighted by molar-refractivity contribution is 9.10. The molecule has 2 aromatic rings. The van der Waals surface area contributed by atoms with Gasteiger partial charge in [0.05, 0.1) is 5.56 Å². The summed E-state index contributed by atoms with van der Waals surface area (Å²) in [6, 6.07) is 3.98. The van der Waals surface area contributed by atoms with Crippen molar-refractivity contribution in [2.45, 2.75) is 27.7 Å². The summed E-state index contributed by atoms with van der Waals surface area (Å²) >= 11 is 3.55. The number of benzene rings is 1. The highest BCUT2D eigenvalue weighted by Gasteiger charge is 2.10. The number of rotatable bonds is 4. The van der Waals surface area contributed by atoms with Crippen molar-refractivity contribution in [2.24, 2.45) is 0 Å². The lowest BCUT2D eigenvalue weighted by Crippen LogP contribution is -2.04. The average molecular weight is 336 g/mol. The van der Waals surface area contributed by atoms with Gasteiger partial charge in [-0.1, -0.05) is 15.9 Å². The summed E-state index contributed by atoms with van der Waals surface area (Å²) in [5, 5.41) is 3.20. The molecule has 0 aliphatic carbocycles. The van der Waals surface area contributed by atoms with E-state index in [-0.39, 0.29) is 0 Å². The van der Waals surface area contributed by atoms with Crippen molar-refractivity contribution in [3.8, 4) is 11.6 Å². The minimum atomic E-state index is 0.581. The number of hydrogen-bond donors (Lipinski definition) is 1. The van der Waals surface area contributed by atoms with Gasteiger partial charge in [-0.05, 0) is 51.0 Å². The van der Waals surface area contributed by atoms with E-state index in [1.165, 1.54) is 6.33 Å². The van der Waals surface area contributed by atoms with Crippen molar-refractivity contribution in [1.29, 1.82) is 0 Å². The molecule has 5 heteroatoms. The molecule has 0 fully saturated rings. The van der Waals surface area contributed by atoms with Crippen molar-refractivity contribution < 1.29 is 4.74 Å². The number of aryl methyl sites for hydroxylation is 2. The van der Waals surface area contributed by atoms with Gasteiger partial charge in [0.25, 0.3) is 0 Å². The fourth-order valence-electron chi connectivity index (χ4n) is 1.96. The minimum Gasteiger partial charge on any atom is -0.439 e. The third-order valence-corrected chi connectivity index (χ3v) is 4.26. The van der Waals surface area contributed by atoms with E-state index in [4.69, 9.17) is 4.74 Å². The molecule has 106 valence electrons. The minimum absolute atomic E-state index is 0.581. The molecule has 0 spiro atoms. The monoisotopic (exact) mass is 335 g/mol. The maximum atomic E-state index is 5.90. The van der Waals surface area contributed by atoms with E-state index in [0.717, 1.165) is 39.3 Å². The van der Waals surface area contributed by atoms with E-state index >= 15 is 0 Å². The average Bonchev–Trinajstić information content (AvgIpc) is 2.41. The molecule has 1 heterocycles. The van der Waals surface area contributed by atoms with Crippen LogP contribution in [0.3, 0.4) is 0 Å². The second-order valence-corrected chi connectivity index (χ2v) is 5.45. The van der Waals surface area contributed by atoms with E-state index in [9.17, 15) is 0 Å². The third kappa shape index (κ3) is 3.10. The third-order valence-electron chi connectivity index (χ3n) is 3.01. The lowest BCUT2D eigenvalue weighted by molar-refractivity contribution is 0.457. The number of anilines is 1. The molecule has 1 aromatic heterocycles. The molecule has 1 aromatic carbocycles. The quantitative estimate of drug-likeness (QED) is 0.900. The summed E-state index contributed by atoms with van der Waals surface area (Å²) in [6.45, 7) is 8.88. The summed E-state index contributed by atoms with van der Waals surface area (Å²) in [7, 11) is 0. The van der Waals surface area contributed by atoms with Crippen LogP contribution in [0.25, 0.3) is 0 Å². The number of halogens is 1. The molecule has 0 bridgehead atoms. The summed E-state index contributed by atoms with van der Waals surface area (Å²) in [5.74, 6) is 2.17. The summed E-state index contributed by atoms with van der Waals surface area (Å²) in [4.78, 5) is 8.42. The van der Waals surface area contributed by atoms with Gasteiger partial charge in [-0.25, -0.2) is 9.97 Å². The fourth-order valence-corrected chi connectivity index (χ4v) is 2.19. The van der Waals surface area contributed by atoms with Crippen molar-refractivity contribution in [2.75, 3.05) is 11.9 Å². The molecule has 0 unspecified atom stereocenters. The molecule has 1 N–H and O–H groups in total. The van der Waals surface area contributed by atoms with Crippen LogP contribution in [0.1, 0.15) is 23.6 Å². The first-order valence-corrected chi connectivity index (χ1v) is 7.32. The number of hydrogen-bond acceptors (Lipinski definition) is 4. The summed E-state index contributed by atoms with van der Waals surface area (Å²) < 4.78 is 7.01. The topological polar surface area (TPSA) is 47.0 Å². The van der Waals surface area contributed by atoms with E-state index in [1.54, 1.807) is 0 Å². The first kappa shape index (κ1) is 14.8. The number of aromatic nitrogens is 2. The molecule has 0 atom stereocenters. The fraction of sp³-hybridized carbons (Fsp3) is 0.333. The molecule has 0 saturated heterocycles. The molecular formula is C15H18BrN3O. The van der Waals surface area contributed by atoms with Crippen LogP contribution < -0.4 is 10.1 Å². The van der Waals surface area contributed by atoms with E-state index in [0.29, 0.717) is 5.88 Å². The maximum Gasteiger partial charge on any atom is 0.227 e. The van der Waals surface area contributed by atoms with Crippen LogP contribution in [0.2, 0.25) is 0 Å². The Labute approximate surface area is 127 Å². The number of nitrogens with zero attached hydrogens (tertiary/aromatic N) is 2. The van der Waals surface area contributed by atoms with Gasteiger partial charge in [-0.15, -0.1) is 0 Å². The van der Waals surface area contributed by atoms with Gasteiger partial charge < -0.3 is 10.1 Å². The zero-order chi connectivity index (χ0) is 14.7. The zero-order valence-corrected chi connectivity index (χ0v) is 13.7. The SMILES string of the molecule is CCNc1ncnc(Oc2cc(C)c(Br)c(C)c2)c1C. The van der Waals surface area contributed by atoms with E-state index < -0.39 is 0 Å². The Balaban J connectivity index is 2.33. The standard InChI is InChI=1S/C15H18BrN3O/c1-5-17-14-11(4)15(19-8-18-14)20-12-6-9(2)13(16)10(3)7-12/h6-8H,5H2,1-4H3,(H,17,18,19). The number of ether oxygens (including phenoxy) is 1. The molecule has 0 radical (unpaired) electrons. The Morgan fingerprint density at radius 2 is 1.80 bits per heavy atom.